The topological polar surface area (TPSA) is 49.6 Å². The van der Waals surface area contributed by atoms with E-state index in [1.807, 2.05) is 6.92 Å². The summed E-state index contributed by atoms with van der Waals surface area (Å²) in [5, 5.41) is 0. The van der Waals surface area contributed by atoms with Crippen molar-refractivity contribution in [2.24, 2.45) is 11.1 Å². The molecule has 0 saturated carbocycles. The van der Waals surface area contributed by atoms with Gasteiger partial charge in [0.2, 0.25) is 5.91 Å². The molecule has 2 fully saturated rings. The van der Waals surface area contributed by atoms with Crippen molar-refractivity contribution in [3.63, 3.8) is 0 Å². The molecule has 1 atom stereocenters. The van der Waals surface area contributed by atoms with Crippen molar-refractivity contribution in [1.82, 2.24) is 9.80 Å². The van der Waals surface area contributed by atoms with Gasteiger partial charge in [0.05, 0.1) is 6.04 Å². The molecule has 4 heteroatoms. The van der Waals surface area contributed by atoms with E-state index < -0.39 is 0 Å². The van der Waals surface area contributed by atoms with Crippen molar-refractivity contribution in [2.45, 2.75) is 32.2 Å². The van der Waals surface area contributed by atoms with Gasteiger partial charge in [-0.3, -0.25) is 9.69 Å². The number of nitrogens with zero attached hydrogens (tertiary/aromatic N) is 2. The number of hydrogen-bond acceptors (Lipinski definition) is 3. The highest BCUT2D eigenvalue weighted by molar-refractivity contribution is 5.79. The molecule has 1 unspecified atom stereocenters. The Balaban J connectivity index is 1.86. The SMILES string of the molecule is CCC(C(N)=O)N1CC2(CCN(C)CC2)C1. The van der Waals surface area contributed by atoms with Gasteiger partial charge in [0, 0.05) is 13.1 Å². The van der Waals surface area contributed by atoms with Crippen LogP contribution in [-0.2, 0) is 4.79 Å². The summed E-state index contributed by atoms with van der Waals surface area (Å²) < 4.78 is 0. The third kappa shape index (κ3) is 2.09. The first-order valence-corrected chi connectivity index (χ1v) is 6.28. The molecule has 2 aliphatic rings. The van der Waals surface area contributed by atoms with Crippen molar-refractivity contribution in [2.75, 3.05) is 33.2 Å². The van der Waals surface area contributed by atoms with E-state index in [1.165, 1.54) is 25.9 Å². The zero-order valence-electron chi connectivity index (χ0n) is 10.4. The minimum Gasteiger partial charge on any atom is -0.368 e. The van der Waals surface area contributed by atoms with Gasteiger partial charge in [-0.1, -0.05) is 6.92 Å². The molecule has 0 aromatic rings. The molecule has 0 radical (unpaired) electrons. The summed E-state index contributed by atoms with van der Waals surface area (Å²) in [6, 6.07) is -0.0368. The molecular formula is C12H23N3O. The lowest BCUT2D eigenvalue weighted by atomic mass is 9.71. The Bertz CT molecular complexity index is 263. The van der Waals surface area contributed by atoms with Gasteiger partial charge < -0.3 is 10.6 Å². The lowest BCUT2D eigenvalue weighted by Gasteiger charge is -2.55. The van der Waals surface area contributed by atoms with E-state index in [0.29, 0.717) is 5.41 Å². The monoisotopic (exact) mass is 225 g/mol. The molecule has 2 N–H and O–H groups in total. The van der Waals surface area contributed by atoms with Crippen LogP contribution >= 0.6 is 0 Å². The molecule has 2 saturated heterocycles. The number of carbonyl (C=O) groups is 1. The first kappa shape index (κ1) is 11.9. The number of likely N-dealkylation sites (tertiary alicyclic amines) is 2. The summed E-state index contributed by atoms with van der Waals surface area (Å²) >= 11 is 0. The third-order valence-corrected chi connectivity index (χ3v) is 4.28. The van der Waals surface area contributed by atoms with Gasteiger partial charge in [-0.15, -0.1) is 0 Å². The largest absolute Gasteiger partial charge is 0.368 e. The van der Waals surface area contributed by atoms with Gasteiger partial charge in [-0.2, -0.15) is 0 Å². The van der Waals surface area contributed by atoms with Crippen LogP contribution in [0.25, 0.3) is 0 Å². The van der Waals surface area contributed by atoms with Crippen LogP contribution in [0.4, 0.5) is 0 Å². The summed E-state index contributed by atoms with van der Waals surface area (Å²) in [4.78, 5) is 15.9. The van der Waals surface area contributed by atoms with E-state index in [-0.39, 0.29) is 11.9 Å². The van der Waals surface area contributed by atoms with E-state index in [1.54, 1.807) is 0 Å². The van der Waals surface area contributed by atoms with Crippen molar-refractivity contribution >= 4 is 5.91 Å². The number of piperidine rings is 1. The van der Waals surface area contributed by atoms with Gasteiger partial charge in [-0.05, 0) is 44.8 Å². The molecular weight excluding hydrogens is 202 g/mol. The molecule has 4 nitrogen and oxygen atoms in total. The fraction of sp³-hybridized carbons (Fsp3) is 0.917. The number of hydrogen-bond donors (Lipinski definition) is 1. The maximum Gasteiger partial charge on any atom is 0.234 e. The average Bonchev–Trinajstić information content (AvgIpc) is 2.19. The molecule has 92 valence electrons. The molecule has 1 amide bonds. The van der Waals surface area contributed by atoms with Crippen LogP contribution in [0.15, 0.2) is 0 Å². The molecule has 0 aromatic carbocycles. The summed E-state index contributed by atoms with van der Waals surface area (Å²) in [7, 11) is 2.18. The minimum atomic E-state index is -0.162. The summed E-state index contributed by atoms with van der Waals surface area (Å²) in [6.45, 7) is 6.57. The number of rotatable bonds is 3. The number of nitrogens with two attached hydrogens (primary N) is 1. The van der Waals surface area contributed by atoms with Crippen LogP contribution in [0, 0.1) is 5.41 Å². The Kier molecular flexibility index (Phi) is 3.22. The molecule has 2 aliphatic heterocycles. The first-order valence-electron chi connectivity index (χ1n) is 6.28. The zero-order valence-corrected chi connectivity index (χ0v) is 10.4. The van der Waals surface area contributed by atoms with Crippen LogP contribution in [0.2, 0.25) is 0 Å². The summed E-state index contributed by atoms with van der Waals surface area (Å²) in [6.07, 6.45) is 3.38. The summed E-state index contributed by atoms with van der Waals surface area (Å²) in [5.74, 6) is -0.162. The van der Waals surface area contributed by atoms with Gasteiger partial charge in [0.15, 0.2) is 0 Å². The smallest absolute Gasteiger partial charge is 0.234 e. The summed E-state index contributed by atoms with van der Waals surface area (Å²) in [5.41, 5.74) is 5.90. The van der Waals surface area contributed by atoms with E-state index in [0.717, 1.165) is 19.5 Å². The second-order valence-electron chi connectivity index (χ2n) is 5.53. The maximum atomic E-state index is 11.3. The predicted octanol–water partition coefficient (Wildman–Crippen LogP) is 0.278. The van der Waals surface area contributed by atoms with Crippen molar-refractivity contribution in [3.8, 4) is 0 Å². The number of amides is 1. The second kappa shape index (κ2) is 4.34. The lowest BCUT2D eigenvalue weighted by molar-refractivity contribution is -0.132. The second-order valence-corrected chi connectivity index (χ2v) is 5.53. The van der Waals surface area contributed by atoms with E-state index >= 15 is 0 Å². The van der Waals surface area contributed by atoms with Crippen LogP contribution in [0.5, 0.6) is 0 Å². The van der Waals surface area contributed by atoms with E-state index in [9.17, 15) is 4.79 Å². The number of primary amides is 1. The molecule has 0 aliphatic carbocycles. The van der Waals surface area contributed by atoms with Gasteiger partial charge in [0.1, 0.15) is 0 Å². The maximum absolute atomic E-state index is 11.3. The van der Waals surface area contributed by atoms with Crippen molar-refractivity contribution in [1.29, 1.82) is 0 Å². The highest BCUT2D eigenvalue weighted by atomic mass is 16.1. The highest BCUT2D eigenvalue weighted by Crippen LogP contribution is 2.41. The standard InChI is InChI=1S/C12H23N3O/c1-3-10(11(13)16)15-8-12(9-15)4-6-14(2)7-5-12/h10H,3-9H2,1-2H3,(H2,13,16). The van der Waals surface area contributed by atoms with Crippen LogP contribution in [0.3, 0.4) is 0 Å². The molecule has 0 aromatic heterocycles. The quantitative estimate of drug-likeness (QED) is 0.750. The Morgan fingerprint density at radius 2 is 1.94 bits per heavy atom. The van der Waals surface area contributed by atoms with Gasteiger partial charge >= 0.3 is 0 Å². The van der Waals surface area contributed by atoms with Crippen LogP contribution in [-0.4, -0.2) is 55.0 Å². The van der Waals surface area contributed by atoms with Crippen LogP contribution in [0.1, 0.15) is 26.2 Å². The Morgan fingerprint density at radius 1 is 1.38 bits per heavy atom. The average molecular weight is 225 g/mol. The predicted molar refractivity (Wildman–Crippen MR) is 64.0 cm³/mol. The zero-order chi connectivity index (χ0) is 11.8. The van der Waals surface area contributed by atoms with E-state index in [2.05, 4.69) is 16.8 Å². The minimum absolute atomic E-state index is 0.0368. The Hall–Kier alpha value is -0.610. The van der Waals surface area contributed by atoms with Gasteiger partial charge in [-0.25, -0.2) is 0 Å². The highest BCUT2D eigenvalue weighted by Gasteiger charge is 2.47. The molecule has 2 heterocycles. The Labute approximate surface area is 97.8 Å². The molecule has 0 bridgehead atoms. The number of carbonyl (C=O) groups excluding carboxylic acids is 1. The van der Waals surface area contributed by atoms with Crippen molar-refractivity contribution in [3.05, 3.63) is 0 Å². The normalized spacial score (nSPS) is 27.6. The first-order chi connectivity index (χ1) is 7.56. The fourth-order valence-corrected chi connectivity index (χ4v) is 3.08. The van der Waals surface area contributed by atoms with E-state index in [4.69, 9.17) is 5.73 Å². The van der Waals surface area contributed by atoms with Crippen LogP contribution < -0.4 is 5.73 Å². The Morgan fingerprint density at radius 3 is 2.38 bits per heavy atom. The lowest BCUT2D eigenvalue weighted by Crippen LogP contribution is -2.64. The third-order valence-electron chi connectivity index (χ3n) is 4.28. The van der Waals surface area contributed by atoms with Crippen molar-refractivity contribution < 1.29 is 4.79 Å². The molecule has 1 spiro atoms. The fourth-order valence-electron chi connectivity index (χ4n) is 3.08. The van der Waals surface area contributed by atoms with Gasteiger partial charge in [0.25, 0.3) is 0 Å². The molecule has 16 heavy (non-hydrogen) atoms. The molecule has 2 rings (SSSR count).